The molecule has 2 fully saturated rings. The lowest BCUT2D eigenvalue weighted by Gasteiger charge is -2.43. The molecule has 2 aliphatic rings. The van der Waals surface area contributed by atoms with Crippen LogP contribution in [-0.4, -0.2) is 51.1 Å². The van der Waals surface area contributed by atoms with Gasteiger partial charge in [-0.3, -0.25) is 4.79 Å². The maximum absolute atomic E-state index is 15.2. The molecule has 9 heteroatoms. The molecule has 5 rings (SSSR count). The number of anilines is 1. The standard InChI is InChI=1S/C21H22FN5O3/c1-21-5-3-11(24-21)7-14(19(21)22)27(2)18-10-23-20(26-25-18)13-9-17-12(8-16(13)29)15(28)4-6-30-17/h4,6,8-11,14,19,24,29H,3,5,7H2,1-2H3/t11?,14-,19-,21+/m1/s1. The molecule has 0 saturated carbocycles. The van der Waals surface area contributed by atoms with Gasteiger partial charge < -0.3 is 19.7 Å². The third-order valence-electron chi connectivity index (χ3n) is 6.45. The third kappa shape index (κ3) is 2.92. The number of rotatable bonds is 3. The van der Waals surface area contributed by atoms with Crippen molar-refractivity contribution in [2.24, 2.45) is 0 Å². The smallest absolute Gasteiger partial charge is 0.192 e. The molecule has 2 bridgehead atoms. The van der Waals surface area contributed by atoms with E-state index in [1.54, 1.807) is 11.9 Å². The van der Waals surface area contributed by atoms with Crippen LogP contribution in [-0.2, 0) is 0 Å². The van der Waals surface area contributed by atoms with Gasteiger partial charge in [-0.25, -0.2) is 9.37 Å². The molecule has 1 unspecified atom stereocenters. The first kappa shape index (κ1) is 18.9. The molecule has 30 heavy (non-hydrogen) atoms. The summed E-state index contributed by atoms with van der Waals surface area (Å²) in [4.78, 5) is 18.0. The van der Waals surface area contributed by atoms with Gasteiger partial charge in [-0.2, -0.15) is 0 Å². The molecule has 0 amide bonds. The summed E-state index contributed by atoms with van der Waals surface area (Å²) in [5, 5.41) is 22.4. The lowest BCUT2D eigenvalue weighted by molar-refractivity contribution is 0.111. The van der Waals surface area contributed by atoms with Crippen molar-refractivity contribution < 1.29 is 13.9 Å². The lowest BCUT2D eigenvalue weighted by Crippen LogP contribution is -2.62. The fourth-order valence-electron chi connectivity index (χ4n) is 4.69. The average Bonchev–Trinajstić information content (AvgIpc) is 3.08. The van der Waals surface area contributed by atoms with Gasteiger partial charge in [0.1, 0.15) is 17.5 Å². The van der Waals surface area contributed by atoms with Gasteiger partial charge in [-0.15, -0.1) is 10.2 Å². The molecule has 0 spiro atoms. The number of nitrogens with one attached hydrogen (secondary N) is 1. The van der Waals surface area contributed by atoms with Gasteiger partial charge in [0.25, 0.3) is 0 Å². The zero-order valence-electron chi connectivity index (χ0n) is 16.7. The first-order valence-electron chi connectivity index (χ1n) is 9.95. The van der Waals surface area contributed by atoms with E-state index >= 15 is 4.39 Å². The average molecular weight is 411 g/mol. The summed E-state index contributed by atoms with van der Waals surface area (Å²) in [5.74, 6) is 0.505. The Morgan fingerprint density at radius 1 is 1.37 bits per heavy atom. The number of aromatic hydroxyl groups is 1. The Kier molecular flexibility index (Phi) is 4.25. The number of nitrogens with zero attached hydrogens (tertiary/aromatic N) is 4. The molecule has 2 saturated heterocycles. The fourth-order valence-corrected chi connectivity index (χ4v) is 4.69. The van der Waals surface area contributed by atoms with Crippen molar-refractivity contribution in [1.29, 1.82) is 0 Å². The van der Waals surface area contributed by atoms with Gasteiger partial charge in [0.15, 0.2) is 17.1 Å². The van der Waals surface area contributed by atoms with E-state index in [9.17, 15) is 9.90 Å². The zero-order valence-corrected chi connectivity index (χ0v) is 16.7. The van der Waals surface area contributed by atoms with Crippen LogP contribution >= 0.6 is 0 Å². The maximum atomic E-state index is 15.2. The predicted molar refractivity (Wildman–Crippen MR) is 109 cm³/mol. The van der Waals surface area contributed by atoms with E-state index in [2.05, 4.69) is 20.5 Å². The van der Waals surface area contributed by atoms with E-state index in [0.717, 1.165) is 12.8 Å². The van der Waals surface area contributed by atoms with Crippen LogP contribution in [0.3, 0.4) is 0 Å². The SMILES string of the molecule is CN(c1cnc(-c2cc3occc(=O)c3cc2O)nn1)[C@@H]1CC2CC[C@](C)(N2)[C@@H]1F. The van der Waals surface area contributed by atoms with Crippen molar-refractivity contribution in [2.75, 3.05) is 11.9 Å². The number of phenols is 1. The van der Waals surface area contributed by atoms with Crippen LogP contribution in [0.2, 0.25) is 0 Å². The van der Waals surface area contributed by atoms with Crippen molar-refractivity contribution in [3.05, 3.63) is 40.9 Å². The largest absolute Gasteiger partial charge is 0.507 e. The molecule has 4 heterocycles. The fraction of sp³-hybridized carbons (Fsp3) is 0.429. The highest BCUT2D eigenvalue weighted by atomic mass is 19.1. The minimum atomic E-state index is -1.03. The van der Waals surface area contributed by atoms with E-state index in [4.69, 9.17) is 4.42 Å². The molecular weight excluding hydrogens is 389 g/mol. The molecule has 3 aromatic rings. The van der Waals surface area contributed by atoms with E-state index in [0.29, 0.717) is 29.4 Å². The maximum Gasteiger partial charge on any atom is 0.192 e. The number of piperidine rings is 1. The number of alkyl halides is 1. The summed E-state index contributed by atoms with van der Waals surface area (Å²) in [6.45, 7) is 1.94. The molecule has 2 aromatic heterocycles. The molecular formula is C21H22FN5O3. The van der Waals surface area contributed by atoms with Gasteiger partial charge in [0.05, 0.1) is 29.5 Å². The molecule has 0 radical (unpaired) electrons. The molecule has 0 aliphatic carbocycles. The summed E-state index contributed by atoms with van der Waals surface area (Å²) in [6.07, 6.45) is 4.27. The lowest BCUT2D eigenvalue weighted by atomic mass is 9.86. The van der Waals surface area contributed by atoms with Crippen LogP contribution in [0.5, 0.6) is 5.75 Å². The second-order valence-corrected chi connectivity index (χ2v) is 8.40. The minimum absolute atomic E-state index is 0.143. The topological polar surface area (TPSA) is 104 Å². The van der Waals surface area contributed by atoms with Crippen LogP contribution in [0.1, 0.15) is 26.2 Å². The monoisotopic (exact) mass is 411 g/mol. The minimum Gasteiger partial charge on any atom is -0.507 e. The third-order valence-corrected chi connectivity index (χ3v) is 6.45. The van der Waals surface area contributed by atoms with Gasteiger partial charge in [0.2, 0.25) is 0 Å². The quantitative estimate of drug-likeness (QED) is 0.677. The summed E-state index contributed by atoms with van der Waals surface area (Å²) in [5.41, 5.74) is -0.142. The zero-order chi connectivity index (χ0) is 21.0. The highest BCUT2D eigenvalue weighted by Gasteiger charge is 2.51. The number of benzene rings is 1. The van der Waals surface area contributed by atoms with Gasteiger partial charge >= 0.3 is 0 Å². The Morgan fingerprint density at radius 2 is 2.20 bits per heavy atom. The molecule has 156 valence electrons. The van der Waals surface area contributed by atoms with E-state index in [1.807, 2.05) is 6.92 Å². The first-order chi connectivity index (χ1) is 14.4. The Balaban J connectivity index is 1.44. The predicted octanol–water partition coefficient (Wildman–Crippen LogP) is 2.41. The van der Waals surface area contributed by atoms with Crippen molar-refractivity contribution in [2.45, 2.75) is 50.0 Å². The summed E-state index contributed by atoms with van der Waals surface area (Å²) < 4.78 is 20.6. The number of hydrogen-bond acceptors (Lipinski definition) is 8. The number of fused-ring (bicyclic) bond motifs is 3. The van der Waals surface area contributed by atoms with E-state index in [1.165, 1.54) is 30.7 Å². The number of hydrogen-bond donors (Lipinski definition) is 2. The van der Waals surface area contributed by atoms with Crippen molar-refractivity contribution in [3.63, 3.8) is 0 Å². The summed E-state index contributed by atoms with van der Waals surface area (Å²) >= 11 is 0. The van der Waals surface area contributed by atoms with Crippen LogP contribution in [0.15, 0.2) is 39.9 Å². The normalized spacial score (nSPS) is 28.0. The molecule has 4 atom stereocenters. The molecule has 2 aliphatic heterocycles. The number of halogens is 1. The highest BCUT2D eigenvalue weighted by molar-refractivity contribution is 5.84. The van der Waals surface area contributed by atoms with Crippen molar-refractivity contribution in [3.8, 4) is 17.1 Å². The molecule has 2 N–H and O–H groups in total. The van der Waals surface area contributed by atoms with Crippen LogP contribution in [0.4, 0.5) is 10.2 Å². The first-order valence-corrected chi connectivity index (χ1v) is 9.95. The van der Waals surface area contributed by atoms with E-state index < -0.39 is 11.7 Å². The second-order valence-electron chi connectivity index (χ2n) is 8.40. The van der Waals surface area contributed by atoms with Crippen LogP contribution < -0.4 is 15.6 Å². The summed E-state index contributed by atoms with van der Waals surface area (Å²) in [6, 6.07) is 4.12. The van der Waals surface area contributed by atoms with Crippen molar-refractivity contribution >= 4 is 16.8 Å². The number of phenolic OH excluding ortho intramolecular Hbond substituents is 1. The van der Waals surface area contributed by atoms with Crippen molar-refractivity contribution in [1.82, 2.24) is 20.5 Å². The molecule has 8 nitrogen and oxygen atoms in total. The Bertz CT molecular complexity index is 1170. The van der Waals surface area contributed by atoms with Crippen LogP contribution in [0, 0.1) is 0 Å². The second kappa shape index (κ2) is 6.73. The van der Waals surface area contributed by atoms with Crippen LogP contribution in [0.25, 0.3) is 22.4 Å². The van der Waals surface area contributed by atoms with Gasteiger partial charge in [-0.05, 0) is 38.3 Å². The number of aromatic nitrogens is 3. The molecule has 1 aromatic carbocycles. The Hall–Kier alpha value is -3.07. The van der Waals surface area contributed by atoms with E-state index in [-0.39, 0.29) is 28.4 Å². The van der Waals surface area contributed by atoms with Gasteiger partial charge in [-0.1, -0.05) is 0 Å². The van der Waals surface area contributed by atoms with Gasteiger partial charge in [0, 0.05) is 24.7 Å². The summed E-state index contributed by atoms with van der Waals surface area (Å²) in [7, 11) is 1.80. The Labute approximate surface area is 171 Å². The highest BCUT2D eigenvalue weighted by Crippen LogP contribution is 2.40. The Morgan fingerprint density at radius 3 is 2.97 bits per heavy atom.